The fourth-order valence-electron chi connectivity index (χ4n) is 1.50. The van der Waals surface area contributed by atoms with Crippen molar-refractivity contribution in [3.63, 3.8) is 0 Å². The molecule has 5 nitrogen and oxygen atoms in total. The maximum Gasteiger partial charge on any atom is 0.241 e. The average molecular weight is 300 g/mol. The Morgan fingerprint density at radius 3 is 2.30 bits per heavy atom. The molecule has 2 aromatic carbocycles. The van der Waals surface area contributed by atoms with E-state index in [1.165, 1.54) is 12.1 Å². The van der Waals surface area contributed by atoms with Crippen LogP contribution >= 0.6 is 0 Å². The predicted molar refractivity (Wildman–Crippen MR) is 68.7 cm³/mol. The number of anilines is 1. The van der Waals surface area contributed by atoms with Gasteiger partial charge in [-0.15, -0.1) is 0 Å². The van der Waals surface area contributed by atoms with Gasteiger partial charge in [0.25, 0.3) is 0 Å². The van der Waals surface area contributed by atoms with E-state index in [9.17, 15) is 17.2 Å². The molecule has 0 unspecified atom stereocenters. The van der Waals surface area contributed by atoms with E-state index in [1.807, 2.05) is 0 Å². The van der Waals surface area contributed by atoms with E-state index in [-0.39, 0.29) is 22.1 Å². The number of ether oxygens (including phenoxy) is 1. The summed E-state index contributed by atoms with van der Waals surface area (Å²) in [6, 6.07) is 6.59. The number of nitrogens with two attached hydrogens (primary N) is 2. The molecule has 8 heteroatoms. The molecular weight excluding hydrogens is 290 g/mol. The third-order valence-electron chi connectivity index (χ3n) is 2.39. The van der Waals surface area contributed by atoms with E-state index in [0.29, 0.717) is 0 Å². The van der Waals surface area contributed by atoms with Crippen LogP contribution in [0.25, 0.3) is 0 Å². The molecule has 2 aromatic rings. The van der Waals surface area contributed by atoms with E-state index in [0.717, 1.165) is 24.3 Å². The molecule has 4 N–H and O–H groups in total. The number of nitrogen functional groups attached to an aromatic ring is 1. The molecule has 0 aliphatic rings. The van der Waals surface area contributed by atoms with Crippen molar-refractivity contribution in [3.8, 4) is 11.5 Å². The van der Waals surface area contributed by atoms with Crippen molar-refractivity contribution < 1.29 is 21.9 Å². The van der Waals surface area contributed by atoms with Crippen LogP contribution in [0.1, 0.15) is 0 Å². The van der Waals surface area contributed by atoms with Crippen LogP contribution in [0.4, 0.5) is 14.5 Å². The molecule has 106 valence electrons. The van der Waals surface area contributed by atoms with Gasteiger partial charge in [0.1, 0.15) is 16.4 Å². The van der Waals surface area contributed by atoms with Gasteiger partial charge in [-0.2, -0.15) is 0 Å². The van der Waals surface area contributed by atoms with E-state index in [4.69, 9.17) is 15.6 Å². The highest BCUT2D eigenvalue weighted by Crippen LogP contribution is 2.30. The molecular formula is C12H10F2N2O3S. The standard InChI is InChI=1S/C12H10F2N2O3S/c13-9-3-2-8(6-10(9)14)19-11-4-1-7(15)5-12(11)20(16,17)18/h1-6H,15H2,(H2,16,17,18). The Bertz CT molecular complexity index is 763. The van der Waals surface area contributed by atoms with Gasteiger partial charge in [0, 0.05) is 11.8 Å². The maximum atomic E-state index is 13.1. The van der Waals surface area contributed by atoms with Crippen LogP contribution in [-0.4, -0.2) is 8.42 Å². The lowest BCUT2D eigenvalue weighted by atomic mass is 10.3. The van der Waals surface area contributed by atoms with E-state index in [2.05, 4.69) is 0 Å². The van der Waals surface area contributed by atoms with Gasteiger partial charge < -0.3 is 10.5 Å². The van der Waals surface area contributed by atoms with Crippen LogP contribution in [0.15, 0.2) is 41.3 Å². The topological polar surface area (TPSA) is 95.4 Å². The van der Waals surface area contributed by atoms with Gasteiger partial charge in [-0.05, 0) is 30.3 Å². The Labute approximate surface area is 113 Å². The summed E-state index contributed by atoms with van der Waals surface area (Å²) in [7, 11) is -4.07. The van der Waals surface area contributed by atoms with Crippen LogP contribution in [0.5, 0.6) is 11.5 Å². The van der Waals surface area contributed by atoms with Crippen LogP contribution in [0.2, 0.25) is 0 Å². The second-order valence-electron chi connectivity index (χ2n) is 3.93. The molecule has 0 aliphatic heterocycles. The fraction of sp³-hybridized carbons (Fsp3) is 0. The van der Waals surface area contributed by atoms with Crippen molar-refractivity contribution in [2.45, 2.75) is 4.90 Å². The molecule has 2 rings (SSSR count). The lowest BCUT2D eigenvalue weighted by molar-refractivity contribution is 0.451. The molecule has 20 heavy (non-hydrogen) atoms. The van der Waals surface area contributed by atoms with Crippen molar-refractivity contribution in [1.82, 2.24) is 0 Å². The predicted octanol–water partition coefficient (Wildman–Crippen LogP) is 1.99. The Morgan fingerprint density at radius 2 is 1.70 bits per heavy atom. The average Bonchev–Trinajstić information content (AvgIpc) is 2.35. The largest absolute Gasteiger partial charge is 0.456 e. The summed E-state index contributed by atoms with van der Waals surface area (Å²) in [6.45, 7) is 0. The second-order valence-corrected chi connectivity index (χ2v) is 5.46. The molecule has 0 radical (unpaired) electrons. The van der Waals surface area contributed by atoms with Crippen LogP contribution in [-0.2, 0) is 10.0 Å². The highest BCUT2D eigenvalue weighted by atomic mass is 32.2. The normalized spacial score (nSPS) is 11.3. The Hall–Kier alpha value is -2.19. The quantitative estimate of drug-likeness (QED) is 0.847. The minimum Gasteiger partial charge on any atom is -0.456 e. The lowest BCUT2D eigenvalue weighted by Gasteiger charge is -2.10. The smallest absolute Gasteiger partial charge is 0.241 e. The number of sulfonamides is 1. The first-order chi connectivity index (χ1) is 9.27. The lowest BCUT2D eigenvalue weighted by Crippen LogP contribution is -2.13. The maximum absolute atomic E-state index is 13.1. The number of halogens is 2. The minimum atomic E-state index is -4.07. The van der Waals surface area contributed by atoms with Crippen molar-refractivity contribution in [2.24, 2.45) is 5.14 Å². The molecule has 0 heterocycles. The molecule has 0 spiro atoms. The van der Waals surface area contributed by atoms with Gasteiger partial charge in [-0.25, -0.2) is 22.3 Å². The SMILES string of the molecule is Nc1ccc(Oc2ccc(F)c(F)c2)c(S(N)(=O)=O)c1. The van der Waals surface area contributed by atoms with Gasteiger partial charge in [0.2, 0.25) is 10.0 Å². The monoisotopic (exact) mass is 300 g/mol. The molecule has 0 saturated carbocycles. The van der Waals surface area contributed by atoms with Gasteiger partial charge in [-0.3, -0.25) is 0 Å². The molecule has 0 atom stereocenters. The van der Waals surface area contributed by atoms with Crippen molar-refractivity contribution in [3.05, 3.63) is 48.0 Å². The van der Waals surface area contributed by atoms with Crippen molar-refractivity contribution in [2.75, 3.05) is 5.73 Å². The molecule has 0 aliphatic carbocycles. The first-order valence-electron chi connectivity index (χ1n) is 5.32. The summed E-state index contributed by atoms with van der Waals surface area (Å²) >= 11 is 0. The van der Waals surface area contributed by atoms with Crippen LogP contribution < -0.4 is 15.6 Å². The summed E-state index contributed by atoms with van der Waals surface area (Å²) in [5.41, 5.74) is 5.65. The summed E-state index contributed by atoms with van der Waals surface area (Å²) in [6.07, 6.45) is 0. The number of primary sulfonamides is 1. The van der Waals surface area contributed by atoms with Gasteiger partial charge >= 0.3 is 0 Å². The first-order valence-corrected chi connectivity index (χ1v) is 6.87. The third-order valence-corrected chi connectivity index (χ3v) is 3.33. The zero-order chi connectivity index (χ0) is 14.9. The number of benzene rings is 2. The zero-order valence-electron chi connectivity index (χ0n) is 10.0. The molecule has 0 fully saturated rings. The second kappa shape index (κ2) is 5.06. The summed E-state index contributed by atoms with van der Waals surface area (Å²) in [5.74, 6) is -2.36. The van der Waals surface area contributed by atoms with E-state index in [1.54, 1.807) is 0 Å². The van der Waals surface area contributed by atoms with Crippen LogP contribution in [0, 0.1) is 11.6 Å². The number of rotatable bonds is 3. The van der Waals surface area contributed by atoms with Crippen LogP contribution in [0.3, 0.4) is 0 Å². The minimum absolute atomic E-state index is 0.0708. The van der Waals surface area contributed by atoms with E-state index >= 15 is 0 Å². The highest BCUT2D eigenvalue weighted by molar-refractivity contribution is 7.89. The Kier molecular flexibility index (Phi) is 3.60. The molecule has 0 aromatic heterocycles. The number of hydrogen-bond donors (Lipinski definition) is 2. The van der Waals surface area contributed by atoms with Gasteiger partial charge in [-0.1, -0.05) is 0 Å². The molecule has 0 bridgehead atoms. The summed E-state index contributed by atoms with van der Waals surface area (Å²) < 4.78 is 53.9. The van der Waals surface area contributed by atoms with Gasteiger partial charge in [0.15, 0.2) is 11.6 Å². The van der Waals surface area contributed by atoms with E-state index < -0.39 is 21.7 Å². The zero-order valence-corrected chi connectivity index (χ0v) is 10.8. The highest BCUT2D eigenvalue weighted by Gasteiger charge is 2.17. The summed E-state index contributed by atoms with van der Waals surface area (Å²) in [4.78, 5) is -0.345. The summed E-state index contributed by atoms with van der Waals surface area (Å²) in [5, 5.41) is 5.04. The Balaban J connectivity index is 2.46. The Morgan fingerprint density at radius 1 is 1.00 bits per heavy atom. The van der Waals surface area contributed by atoms with Gasteiger partial charge in [0.05, 0.1) is 0 Å². The first kappa shape index (κ1) is 14.2. The van der Waals surface area contributed by atoms with Crippen molar-refractivity contribution in [1.29, 1.82) is 0 Å². The molecule has 0 amide bonds. The number of hydrogen-bond acceptors (Lipinski definition) is 4. The molecule has 0 saturated heterocycles. The van der Waals surface area contributed by atoms with Crippen molar-refractivity contribution >= 4 is 15.7 Å². The fourth-order valence-corrected chi connectivity index (χ4v) is 2.19. The third kappa shape index (κ3) is 3.03.